The Morgan fingerprint density at radius 1 is 1.18 bits per heavy atom. The number of hydrogen-bond acceptors (Lipinski definition) is 12. The molecule has 4 N–H and O–H groups in total. The van der Waals surface area contributed by atoms with E-state index in [1.165, 1.54) is 7.11 Å². The van der Waals surface area contributed by atoms with Crippen molar-refractivity contribution in [3.05, 3.63) is 47.5 Å². The Bertz CT molecular complexity index is 1360. The number of nitrogens with two attached hydrogens (primary N) is 1. The number of carbonyl (C=O) groups excluding carboxylic acids is 2. The Morgan fingerprint density at radius 3 is 2.35 bits per heavy atom. The van der Waals surface area contributed by atoms with Gasteiger partial charge in [-0.2, -0.15) is 9.97 Å². The smallest absolute Gasteiger partial charge is 0.350 e. The van der Waals surface area contributed by atoms with Crippen molar-refractivity contribution in [2.75, 3.05) is 32.7 Å². The van der Waals surface area contributed by atoms with E-state index in [4.69, 9.17) is 42.7 Å². The molecule has 40 heavy (non-hydrogen) atoms. The minimum atomic E-state index is -2.52. The Morgan fingerprint density at radius 2 is 1.80 bits per heavy atom. The van der Waals surface area contributed by atoms with Crippen LogP contribution < -0.4 is 5.73 Å². The Balaban J connectivity index is 2.02. The summed E-state index contributed by atoms with van der Waals surface area (Å²) < 4.78 is 22.7. The van der Waals surface area contributed by atoms with Crippen LogP contribution in [0.15, 0.2) is 36.7 Å². The predicted octanol–water partition coefficient (Wildman–Crippen LogP) is 1.06. The highest BCUT2D eigenvalue weighted by Crippen LogP contribution is 2.32. The highest BCUT2D eigenvalue weighted by molar-refractivity contribution is 6.28. The van der Waals surface area contributed by atoms with Crippen LogP contribution in [0, 0.1) is 12.3 Å². The Hall–Kier alpha value is -3.80. The van der Waals surface area contributed by atoms with Gasteiger partial charge in [-0.15, -0.1) is 6.42 Å². The number of nitrogens with zero attached hydrogens (tertiary/aromatic N) is 4. The van der Waals surface area contributed by atoms with Gasteiger partial charge < -0.3 is 34.9 Å². The molecule has 3 rings (SSSR count). The Kier molecular flexibility index (Phi) is 10.0. The van der Waals surface area contributed by atoms with Gasteiger partial charge in [0.25, 0.3) is 5.60 Å². The third kappa shape index (κ3) is 6.01. The molecule has 3 aromatic rings. The molecule has 2 aromatic heterocycles. The first-order valence-corrected chi connectivity index (χ1v) is 12.5. The summed E-state index contributed by atoms with van der Waals surface area (Å²) in [7, 11) is 1.19. The molecule has 3 atom stereocenters. The normalized spacial score (nSPS) is 14.6. The summed E-state index contributed by atoms with van der Waals surface area (Å²) in [6.45, 7) is 2.36. The molecular formula is C26H30ClN5O8. The second-order valence-corrected chi connectivity index (χ2v) is 8.85. The average Bonchev–Trinajstić information content (AvgIpc) is 3.36. The van der Waals surface area contributed by atoms with Gasteiger partial charge in [-0.1, -0.05) is 36.3 Å². The van der Waals surface area contributed by atoms with Crippen molar-refractivity contribution < 1.29 is 38.7 Å². The lowest BCUT2D eigenvalue weighted by atomic mass is 9.92. The van der Waals surface area contributed by atoms with Gasteiger partial charge in [0.15, 0.2) is 23.3 Å². The van der Waals surface area contributed by atoms with Crippen LogP contribution in [0.1, 0.15) is 25.6 Å². The molecule has 0 saturated heterocycles. The van der Waals surface area contributed by atoms with Gasteiger partial charge in [-0.05, 0) is 31.0 Å². The molecule has 0 aliphatic heterocycles. The number of aliphatic hydroxyl groups is 2. The summed E-state index contributed by atoms with van der Waals surface area (Å²) in [6.07, 6.45) is 3.09. The zero-order valence-corrected chi connectivity index (χ0v) is 22.9. The molecule has 13 nitrogen and oxygen atoms in total. The van der Waals surface area contributed by atoms with Gasteiger partial charge in [0, 0.05) is 13.5 Å². The lowest BCUT2D eigenvalue weighted by Gasteiger charge is -2.37. The van der Waals surface area contributed by atoms with E-state index < -0.39 is 42.1 Å². The zero-order valence-electron chi connectivity index (χ0n) is 22.1. The summed E-state index contributed by atoms with van der Waals surface area (Å²) in [4.78, 5) is 38.4. The van der Waals surface area contributed by atoms with E-state index >= 15 is 0 Å². The first kappa shape index (κ1) is 30.7. The number of ether oxygens (including phenoxy) is 4. The predicted molar refractivity (Wildman–Crippen MR) is 143 cm³/mol. The van der Waals surface area contributed by atoms with Crippen LogP contribution in [0.3, 0.4) is 0 Å². The van der Waals surface area contributed by atoms with E-state index in [9.17, 15) is 19.8 Å². The standard InChI is InChI=1S/C26H30ClN5O8/c1-5-25(36,21(33)32-15-29-18-19(28)30-24(27)31-20(18)32)17(37-4)14-40-26(22(34)38-6-2,23(35)39-7-3)13-16-11-9-8-10-12-16/h1,8-12,15,17,21,33,36H,6-7,13-14H2,2-4H3,(H2,28,30,31)/t17-,21-,25-/m1/s1. The van der Waals surface area contributed by atoms with Crippen molar-refractivity contribution in [3.63, 3.8) is 0 Å². The van der Waals surface area contributed by atoms with Crippen LogP contribution in [0.5, 0.6) is 0 Å². The summed E-state index contributed by atoms with van der Waals surface area (Å²) in [5.74, 6) is 0.0257. The van der Waals surface area contributed by atoms with Crippen molar-refractivity contribution in [2.45, 2.75) is 43.8 Å². The van der Waals surface area contributed by atoms with Gasteiger partial charge in [-0.25, -0.2) is 14.6 Å². The minimum absolute atomic E-state index is 0.0223. The molecule has 0 aliphatic carbocycles. The molecule has 0 fully saturated rings. The van der Waals surface area contributed by atoms with Gasteiger partial charge in [0.05, 0.1) is 26.1 Å². The summed E-state index contributed by atoms with van der Waals surface area (Å²) in [5.41, 5.74) is 1.66. The number of aromatic nitrogens is 4. The van der Waals surface area contributed by atoms with Crippen LogP contribution in [0.2, 0.25) is 5.28 Å². The molecule has 0 amide bonds. The quantitative estimate of drug-likeness (QED) is 0.114. The fourth-order valence-electron chi connectivity index (χ4n) is 4.00. The van der Waals surface area contributed by atoms with E-state index in [0.717, 1.165) is 10.9 Å². The molecular weight excluding hydrogens is 546 g/mol. The van der Waals surface area contributed by atoms with E-state index in [1.807, 2.05) is 0 Å². The second kappa shape index (κ2) is 13.0. The molecule has 14 heteroatoms. The van der Waals surface area contributed by atoms with Crippen molar-refractivity contribution in [1.29, 1.82) is 0 Å². The summed E-state index contributed by atoms with van der Waals surface area (Å²) in [6, 6.07) is 8.59. The molecule has 0 aliphatic rings. The summed E-state index contributed by atoms with van der Waals surface area (Å²) in [5, 5.41) is 22.5. The average molecular weight is 576 g/mol. The maximum atomic E-state index is 13.2. The molecule has 0 saturated carbocycles. The van der Waals surface area contributed by atoms with E-state index in [-0.39, 0.29) is 41.9 Å². The van der Waals surface area contributed by atoms with Gasteiger partial charge in [0.1, 0.15) is 11.6 Å². The monoisotopic (exact) mass is 575 g/mol. The number of benzene rings is 1. The highest BCUT2D eigenvalue weighted by Gasteiger charge is 2.53. The second-order valence-electron chi connectivity index (χ2n) is 8.51. The number of carbonyl (C=O) groups is 2. The zero-order chi connectivity index (χ0) is 29.5. The lowest BCUT2D eigenvalue weighted by Crippen LogP contribution is -2.57. The number of fused-ring (bicyclic) bond motifs is 1. The number of nitrogen functional groups attached to an aromatic ring is 1. The number of hydrogen-bond donors (Lipinski definition) is 3. The highest BCUT2D eigenvalue weighted by atomic mass is 35.5. The van der Waals surface area contributed by atoms with Crippen LogP contribution in [-0.4, -0.2) is 85.9 Å². The van der Waals surface area contributed by atoms with Gasteiger partial charge >= 0.3 is 11.9 Å². The number of rotatable bonds is 13. The van der Waals surface area contributed by atoms with Crippen LogP contribution >= 0.6 is 11.6 Å². The fraction of sp³-hybridized carbons (Fsp3) is 0.423. The largest absolute Gasteiger partial charge is 0.463 e. The van der Waals surface area contributed by atoms with Crippen molar-refractivity contribution in [2.24, 2.45) is 0 Å². The first-order chi connectivity index (χ1) is 19.1. The number of methoxy groups -OCH3 is 1. The number of esters is 2. The lowest BCUT2D eigenvalue weighted by molar-refractivity contribution is -0.207. The van der Waals surface area contributed by atoms with E-state index in [0.29, 0.717) is 5.56 Å². The van der Waals surface area contributed by atoms with Crippen molar-refractivity contribution >= 4 is 40.5 Å². The molecule has 1 aromatic carbocycles. The molecule has 0 radical (unpaired) electrons. The van der Waals surface area contributed by atoms with Crippen molar-refractivity contribution in [1.82, 2.24) is 19.5 Å². The third-order valence-corrected chi connectivity index (χ3v) is 6.24. The van der Waals surface area contributed by atoms with E-state index in [1.54, 1.807) is 44.2 Å². The number of aliphatic hydroxyl groups excluding tert-OH is 1. The minimum Gasteiger partial charge on any atom is -0.463 e. The number of imidazole rings is 1. The van der Waals surface area contributed by atoms with Crippen LogP contribution in [0.25, 0.3) is 11.2 Å². The Labute approximate surface area is 235 Å². The molecule has 0 unspecified atom stereocenters. The van der Waals surface area contributed by atoms with Gasteiger partial charge in [0.2, 0.25) is 5.28 Å². The topological polar surface area (TPSA) is 181 Å². The third-order valence-electron chi connectivity index (χ3n) is 6.07. The maximum absolute atomic E-state index is 13.2. The number of halogens is 1. The molecule has 214 valence electrons. The maximum Gasteiger partial charge on any atom is 0.350 e. The van der Waals surface area contributed by atoms with Gasteiger partial charge in [-0.3, -0.25) is 4.57 Å². The SMILES string of the molecule is C#C[C@@](O)([C@@H](COC(Cc1ccccc1)(C(=O)OCC)C(=O)OCC)OC)[C@@H](O)n1cnc2c(N)nc(Cl)nc21. The van der Waals surface area contributed by atoms with Crippen molar-refractivity contribution in [3.8, 4) is 12.3 Å². The van der Waals surface area contributed by atoms with Crippen LogP contribution in [-0.2, 0) is 35.0 Å². The molecule has 0 spiro atoms. The molecule has 0 bridgehead atoms. The summed E-state index contributed by atoms with van der Waals surface area (Å²) >= 11 is 5.91. The fourth-order valence-corrected chi connectivity index (χ4v) is 4.17. The number of terminal acetylenes is 1. The molecule has 2 heterocycles. The van der Waals surface area contributed by atoms with Crippen LogP contribution in [0.4, 0.5) is 5.82 Å². The van der Waals surface area contributed by atoms with E-state index in [2.05, 4.69) is 20.9 Å². The number of anilines is 1. The first-order valence-electron chi connectivity index (χ1n) is 12.2.